The molecule has 120 valence electrons. The van der Waals surface area contributed by atoms with Gasteiger partial charge < -0.3 is 9.72 Å². The van der Waals surface area contributed by atoms with Crippen LogP contribution in [0.5, 0.6) is 0 Å². The number of hydrogen-bond acceptors (Lipinski definition) is 2. The zero-order chi connectivity index (χ0) is 15.4. The molecule has 2 aromatic heterocycles. The summed E-state index contributed by atoms with van der Waals surface area (Å²) < 4.78 is 1.98. The Morgan fingerprint density at radius 3 is 2.52 bits per heavy atom. The van der Waals surface area contributed by atoms with Crippen molar-refractivity contribution < 1.29 is 4.79 Å². The van der Waals surface area contributed by atoms with Crippen LogP contribution in [0.1, 0.15) is 44.2 Å². The van der Waals surface area contributed by atoms with Crippen LogP contribution in [0, 0.1) is 17.8 Å². The van der Waals surface area contributed by atoms with Crippen molar-refractivity contribution in [2.45, 2.75) is 50.5 Å². The fourth-order valence-electron chi connectivity index (χ4n) is 5.84. The zero-order valence-electron chi connectivity index (χ0n) is 13.4. The molecule has 1 amide bonds. The lowest BCUT2D eigenvalue weighted by atomic mass is 9.53. The Bertz CT molecular complexity index is 695. The fourth-order valence-corrected chi connectivity index (χ4v) is 5.84. The second-order valence-electron chi connectivity index (χ2n) is 8.12. The molecule has 0 saturated heterocycles. The van der Waals surface area contributed by atoms with E-state index >= 15 is 0 Å². The Labute approximate surface area is 136 Å². The summed E-state index contributed by atoms with van der Waals surface area (Å²) in [5, 5.41) is 3.43. The quantitative estimate of drug-likeness (QED) is 0.947. The molecule has 4 fully saturated rings. The number of fused-ring (bicyclic) bond motifs is 1. The minimum Gasteiger partial charge on any atom is -0.350 e. The predicted molar refractivity (Wildman–Crippen MR) is 87.9 cm³/mol. The van der Waals surface area contributed by atoms with Crippen molar-refractivity contribution in [2.75, 3.05) is 0 Å². The molecule has 4 saturated carbocycles. The monoisotopic (exact) mass is 309 g/mol. The Morgan fingerprint density at radius 2 is 1.87 bits per heavy atom. The van der Waals surface area contributed by atoms with E-state index < -0.39 is 0 Å². The lowest BCUT2D eigenvalue weighted by molar-refractivity contribution is -0.126. The standard InChI is InChI=1S/C19H23N3O/c23-18(8-16-12-22-4-2-1-3-17(22)20-16)21-19-9-13-5-14(10-19)7-15(6-13)11-19/h1-4,12-15H,5-11H2,(H,21,23). The maximum absolute atomic E-state index is 12.6. The number of hydrogen-bond donors (Lipinski definition) is 1. The molecule has 1 N–H and O–H groups in total. The Morgan fingerprint density at radius 1 is 1.17 bits per heavy atom. The highest BCUT2D eigenvalue weighted by atomic mass is 16.1. The largest absolute Gasteiger partial charge is 0.350 e. The third-order valence-electron chi connectivity index (χ3n) is 6.20. The van der Waals surface area contributed by atoms with Gasteiger partial charge in [0.15, 0.2) is 0 Å². The number of imidazole rings is 1. The van der Waals surface area contributed by atoms with Crippen molar-refractivity contribution in [3.8, 4) is 0 Å². The van der Waals surface area contributed by atoms with E-state index in [0.29, 0.717) is 6.42 Å². The molecule has 2 aromatic rings. The summed E-state index contributed by atoms with van der Waals surface area (Å²) in [6.45, 7) is 0. The first-order chi connectivity index (χ1) is 11.2. The molecule has 0 aromatic carbocycles. The van der Waals surface area contributed by atoms with E-state index in [1.807, 2.05) is 35.0 Å². The highest BCUT2D eigenvalue weighted by molar-refractivity contribution is 5.79. The van der Waals surface area contributed by atoms with Gasteiger partial charge in [0.2, 0.25) is 5.91 Å². The number of amides is 1. The van der Waals surface area contributed by atoms with E-state index in [-0.39, 0.29) is 11.4 Å². The van der Waals surface area contributed by atoms with Gasteiger partial charge in [-0.3, -0.25) is 4.79 Å². The third kappa shape index (κ3) is 2.35. The van der Waals surface area contributed by atoms with E-state index in [1.54, 1.807) is 0 Å². The van der Waals surface area contributed by atoms with Crippen molar-refractivity contribution in [1.82, 2.24) is 14.7 Å². The summed E-state index contributed by atoms with van der Waals surface area (Å²) in [7, 11) is 0. The fraction of sp³-hybridized carbons (Fsp3) is 0.579. The number of carbonyl (C=O) groups excluding carboxylic acids is 1. The van der Waals surface area contributed by atoms with Gasteiger partial charge in [0.25, 0.3) is 0 Å². The van der Waals surface area contributed by atoms with Gasteiger partial charge in [-0.1, -0.05) is 6.07 Å². The van der Waals surface area contributed by atoms with Gasteiger partial charge in [0.1, 0.15) is 5.65 Å². The topological polar surface area (TPSA) is 46.4 Å². The minimum atomic E-state index is 0.102. The first kappa shape index (κ1) is 13.6. The predicted octanol–water partition coefficient (Wildman–Crippen LogP) is 2.96. The molecule has 0 unspecified atom stereocenters. The summed E-state index contributed by atoms with van der Waals surface area (Å²) in [6.07, 6.45) is 12.2. The lowest BCUT2D eigenvalue weighted by Gasteiger charge is -2.56. The van der Waals surface area contributed by atoms with Gasteiger partial charge in [-0.05, 0) is 68.4 Å². The van der Waals surface area contributed by atoms with E-state index in [1.165, 1.54) is 38.5 Å². The highest BCUT2D eigenvalue weighted by Gasteiger charge is 2.51. The van der Waals surface area contributed by atoms with Crippen LogP contribution in [-0.4, -0.2) is 20.8 Å². The van der Waals surface area contributed by atoms with Gasteiger partial charge in [-0.25, -0.2) is 4.98 Å². The van der Waals surface area contributed by atoms with Crippen molar-refractivity contribution in [1.29, 1.82) is 0 Å². The van der Waals surface area contributed by atoms with Crippen LogP contribution in [-0.2, 0) is 11.2 Å². The average Bonchev–Trinajstić information content (AvgIpc) is 2.86. The van der Waals surface area contributed by atoms with Crippen LogP contribution >= 0.6 is 0 Å². The van der Waals surface area contributed by atoms with Gasteiger partial charge >= 0.3 is 0 Å². The molecular formula is C19H23N3O. The van der Waals surface area contributed by atoms with E-state index in [4.69, 9.17) is 0 Å². The number of nitrogens with zero attached hydrogens (tertiary/aromatic N) is 2. The minimum absolute atomic E-state index is 0.102. The molecule has 4 bridgehead atoms. The Balaban J connectivity index is 1.31. The Hall–Kier alpha value is -1.84. The van der Waals surface area contributed by atoms with Crippen LogP contribution in [0.4, 0.5) is 0 Å². The number of aromatic nitrogens is 2. The summed E-state index contributed by atoms with van der Waals surface area (Å²) in [5.74, 6) is 2.72. The van der Waals surface area contributed by atoms with Crippen LogP contribution in [0.25, 0.3) is 5.65 Å². The Kier molecular flexibility index (Phi) is 2.85. The van der Waals surface area contributed by atoms with Gasteiger partial charge in [0.05, 0.1) is 12.1 Å². The van der Waals surface area contributed by atoms with Crippen LogP contribution in [0.2, 0.25) is 0 Å². The zero-order valence-corrected chi connectivity index (χ0v) is 13.4. The molecule has 4 nitrogen and oxygen atoms in total. The summed E-state index contributed by atoms with van der Waals surface area (Å²) in [6, 6.07) is 5.93. The first-order valence-corrected chi connectivity index (χ1v) is 8.91. The van der Waals surface area contributed by atoms with Crippen molar-refractivity contribution in [3.63, 3.8) is 0 Å². The van der Waals surface area contributed by atoms with Crippen LogP contribution in [0.15, 0.2) is 30.6 Å². The molecule has 4 heteroatoms. The highest BCUT2D eigenvalue weighted by Crippen LogP contribution is 2.55. The molecule has 4 aliphatic carbocycles. The SMILES string of the molecule is O=C(Cc1cn2ccccc2n1)NC12CC3CC(CC(C3)C1)C2. The lowest BCUT2D eigenvalue weighted by Crippen LogP contribution is -2.60. The molecule has 0 radical (unpaired) electrons. The number of nitrogens with one attached hydrogen (secondary N) is 1. The first-order valence-electron chi connectivity index (χ1n) is 8.91. The van der Waals surface area contributed by atoms with Gasteiger partial charge in [-0.15, -0.1) is 0 Å². The van der Waals surface area contributed by atoms with Crippen molar-refractivity contribution in [2.24, 2.45) is 17.8 Å². The summed E-state index contributed by atoms with van der Waals surface area (Å²) >= 11 is 0. The number of pyridine rings is 1. The molecule has 0 atom stereocenters. The van der Waals surface area contributed by atoms with Crippen LogP contribution in [0.3, 0.4) is 0 Å². The molecule has 0 aliphatic heterocycles. The van der Waals surface area contributed by atoms with Crippen molar-refractivity contribution >= 4 is 11.6 Å². The van der Waals surface area contributed by atoms with E-state index in [2.05, 4.69) is 10.3 Å². The summed E-state index contributed by atoms with van der Waals surface area (Å²) in [5.41, 5.74) is 1.87. The number of rotatable bonds is 3. The number of carbonyl (C=O) groups is 1. The normalized spacial score (nSPS) is 34.9. The summed E-state index contributed by atoms with van der Waals surface area (Å²) in [4.78, 5) is 17.2. The second kappa shape index (κ2) is 4.83. The molecule has 6 rings (SSSR count). The molecule has 0 spiro atoms. The van der Waals surface area contributed by atoms with E-state index in [0.717, 1.165) is 29.1 Å². The molecule has 4 aliphatic rings. The molecule has 23 heavy (non-hydrogen) atoms. The van der Waals surface area contributed by atoms with E-state index in [9.17, 15) is 4.79 Å². The average molecular weight is 309 g/mol. The van der Waals surface area contributed by atoms with Gasteiger partial charge in [-0.2, -0.15) is 0 Å². The molecular weight excluding hydrogens is 286 g/mol. The van der Waals surface area contributed by atoms with Crippen LogP contribution < -0.4 is 5.32 Å². The second-order valence-corrected chi connectivity index (χ2v) is 8.12. The maximum atomic E-state index is 12.6. The maximum Gasteiger partial charge on any atom is 0.226 e. The van der Waals surface area contributed by atoms with Gasteiger partial charge in [0, 0.05) is 17.9 Å². The van der Waals surface area contributed by atoms with Crippen molar-refractivity contribution in [3.05, 3.63) is 36.3 Å². The molecule has 2 heterocycles. The third-order valence-corrected chi connectivity index (χ3v) is 6.20. The smallest absolute Gasteiger partial charge is 0.226 e.